The van der Waals surface area contributed by atoms with Gasteiger partial charge >= 0.3 is 5.97 Å². The molecule has 1 saturated carbocycles. The predicted octanol–water partition coefficient (Wildman–Crippen LogP) is 1.06. The van der Waals surface area contributed by atoms with Gasteiger partial charge in [0.1, 0.15) is 0 Å². The molecule has 0 bridgehead atoms. The van der Waals surface area contributed by atoms with E-state index >= 15 is 0 Å². The van der Waals surface area contributed by atoms with Crippen molar-refractivity contribution in [2.45, 2.75) is 51.0 Å². The Hall–Kier alpha value is -1.11. The highest BCUT2D eigenvalue weighted by Gasteiger charge is 2.35. The number of carbonyl (C=O) groups excluding carboxylic acids is 1. The van der Waals surface area contributed by atoms with Gasteiger partial charge in [-0.3, -0.25) is 9.59 Å². The van der Waals surface area contributed by atoms with Crippen molar-refractivity contribution in [3.8, 4) is 0 Å². The predicted molar refractivity (Wildman–Crippen MR) is 77.6 cm³/mol. The highest BCUT2D eigenvalue weighted by atomic mass is 32.2. The summed E-state index contributed by atoms with van der Waals surface area (Å²) in [5.74, 6) is -0.846. The van der Waals surface area contributed by atoms with Crippen LogP contribution in [0.5, 0.6) is 0 Å². The summed E-state index contributed by atoms with van der Waals surface area (Å²) in [6.07, 6.45) is 5.72. The number of carbonyl (C=O) groups is 2. The molecule has 6 nitrogen and oxygen atoms in total. The Kier molecular flexibility index (Phi) is 5.24. The SMILES string of the molecule is O=C(O)CC1CS(=O)(=O)CCN1C(=O)CCC1CCCC1. The molecule has 0 spiro atoms. The van der Waals surface area contributed by atoms with Gasteiger partial charge in [-0.25, -0.2) is 8.42 Å². The van der Waals surface area contributed by atoms with Crippen LogP contribution in [0.25, 0.3) is 0 Å². The van der Waals surface area contributed by atoms with Crippen molar-refractivity contribution in [1.29, 1.82) is 0 Å². The number of aliphatic carboxylic acids is 1. The summed E-state index contributed by atoms with van der Waals surface area (Å²) in [6.45, 7) is 0.129. The lowest BCUT2D eigenvalue weighted by atomic mass is 10.0. The molecule has 7 heteroatoms. The summed E-state index contributed by atoms with van der Waals surface area (Å²) in [5, 5.41) is 8.91. The van der Waals surface area contributed by atoms with E-state index in [9.17, 15) is 18.0 Å². The first-order chi connectivity index (χ1) is 9.87. The Morgan fingerprint density at radius 1 is 1.19 bits per heavy atom. The maximum Gasteiger partial charge on any atom is 0.305 e. The smallest absolute Gasteiger partial charge is 0.305 e. The van der Waals surface area contributed by atoms with Crippen molar-refractivity contribution in [3.63, 3.8) is 0 Å². The second-order valence-electron chi connectivity index (χ2n) is 6.14. The zero-order valence-corrected chi connectivity index (χ0v) is 13.0. The molecule has 1 aliphatic heterocycles. The number of rotatable bonds is 5. The molecule has 21 heavy (non-hydrogen) atoms. The largest absolute Gasteiger partial charge is 0.481 e. The van der Waals surface area contributed by atoms with E-state index in [2.05, 4.69) is 0 Å². The van der Waals surface area contributed by atoms with Crippen LogP contribution in [-0.4, -0.2) is 54.4 Å². The topological polar surface area (TPSA) is 91.8 Å². The number of sulfone groups is 1. The van der Waals surface area contributed by atoms with E-state index in [4.69, 9.17) is 5.11 Å². The number of nitrogens with zero attached hydrogens (tertiary/aromatic N) is 1. The minimum absolute atomic E-state index is 0.0573. The van der Waals surface area contributed by atoms with Crippen LogP contribution in [0, 0.1) is 5.92 Å². The van der Waals surface area contributed by atoms with E-state index in [1.807, 2.05) is 0 Å². The lowest BCUT2D eigenvalue weighted by Gasteiger charge is -2.35. The fourth-order valence-electron chi connectivity index (χ4n) is 3.36. The Labute approximate surface area is 125 Å². The Morgan fingerprint density at radius 3 is 2.48 bits per heavy atom. The average Bonchev–Trinajstić information content (AvgIpc) is 2.87. The van der Waals surface area contributed by atoms with Gasteiger partial charge in [0.25, 0.3) is 0 Å². The molecule has 2 rings (SSSR count). The fourth-order valence-corrected chi connectivity index (χ4v) is 4.88. The molecule has 0 radical (unpaired) electrons. The third-order valence-corrected chi connectivity index (χ3v) is 6.20. The molecule has 1 heterocycles. The molecule has 1 aliphatic carbocycles. The standard InChI is InChI=1S/C14H23NO5S/c16-13(6-5-11-3-1-2-4-11)15-7-8-21(19,20)10-12(15)9-14(17)18/h11-12H,1-10H2,(H,17,18). The summed E-state index contributed by atoms with van der Waals surface area (Å²) < 4.78 is 23.3. The first-order valence-corrected chi connectivity index (χ1v) is 9.41. The van der Waals surface area contributed by atoms with Gasteiger partial charge in [0.05, 0.1) is 24.0 Å². The molecule has 1 saturated heterocycles. The molecule has 1 atom stereocenters. The Balaban J connectivity index is 1.94. The van der Waals surface area contributed by atoms with Gasteiger partial charge in [0.15, 0.2) is 9.84 Å². The summed E-state index contributed by atoms with van der Waals surface area (Å²) in [4.78, 5) is 24.7. The Bertz CT molecular complexity index is 495. The normalized spacial score (nSPS) is 25.9. The minimum atomic E-state index is -3.23. The first-order valence-electron chi connectivity index (χ1n) is 7.59. The van der Waals surface area contributed by atoms with E-state index in [0.717, 1.165) is 6.42 Å². The van der Waals surface area contributed by atoms with Crippen LogP contribution in [0.3, 0.4) is 0 Å². The monoisotopic (exact) mass is 317 g/mol. The third kappa shape index (κ3) is 4.69. The van der Waals surface area contributed by atoms with Gasteiger partial charge in [-0.15, -0.1) is 0 Å². The van der Waals surface area contributed by atoms with Crippen molar-refractivity contribution in [3.05, 3.63) is 0 Å². The molecule has 0 aromatic rings. The van der Waals surface area contributed by atoms with Crippen molar-refractivity contribution in [1.82, 2.24) is 4.90 Å². The van der Waals surface area contributed by atoms with E-state index in [-0.39, 0.29) is 30.4 Å². The first kappa shape index (κ1) is 16.3. The summed E-state index contributed by atoms with van der Waals surface area (Å²) >= 11 is 0. The van der Waals surface area contributed by atoms with Crippen LogP contribution in [0.2, 0.25) is 0 Å². The Morgan fingerprint density at radius 2 is 1.86 bits per heavy atom. The van der Waals surface area contributed by atoms with Crippen molar-refractivity contribution in [2.24, 2.45) is 5.92 Å². The van der Waals surface area contributed by atoms with E-state index < -0.39 is 21.8 Å². The lowest BCUT2D eigenvalue weighted by molar-refractivity contribution is -0.140. The van der Waals surface area contributed by atoms with Gasteiger partial charge in [-0.05, 0) is 12.3 Å². The van der Waals surface area contributed by atoms with Crippen molar-refractivity contribution >= 4 is 21.7 Å². The molecular formula is C14H23NO5S. The second-order valence-corrected chi connectivity index (χ2v) is 8.37. The molecule has 2 aliphatic rings. The zero-order chi connectivity index (χ0) is 15.5. The van der Waals surface area contributed by atoms with Gasteiger partial charge in [0, 0.05) is 13.0 Å². The van der Waals surface area contributed by atoms with Crippen LogP contribution >= 0.6 is 0 Å². The number of hydrogen-bond acceptors (Lipinski definition) is 4. The number of hydrogen-bond donors (Lipinski definition) is 1. The maximum absolute atomic E-state index is 12.3. The number of carboxylic acid groups (broad SMARTS) is 1. The van der Waals surface area contributed by atoms with E-state index in [0.29, 0.717) is 12.3 Å². The van der Waals surface area contributed by atoms with Crippen molar-refractivity contribution in [2.75, 3.05) is 18.1 Å². The van der Waals surface area contributed by atoms with Gasteiger partial charge in [-0.2, -0.15) is 0 Å². The number of amides is 1. The van der Waals surface area contributed by atoms with E-state index in [1.165, 1.54) is 30.6 Å². The molecule has 1 N–H and O–H groups in total. The minimum Gasteiger partial charge on any atom is -0.481 e. The zero-order valence-electron chi connectivity index (χ0n) is 12.2. The molecular weight excluding hydrogens is 294 g/mol. The molecule has 120 valence electrons. The fraction of sp³-hybridized carbons (Fsp3) is 0.857. The van der Waals surface area contributed by atoms with Gasteiger partial charge < -0.3 is 10.0 Å². The number of carboxylic acids is 1. The van der Waals surface area contributed by atoms with Crippen LogP contribution in [0.4, 0.5) is 0 Å². The van der Waals surface area contributed by atoms with Gasteiger partial charge in [0.2, 0.25) is 5.91 Å². The summed E-state index contributed by atoms with van der Waals surface area (Å²) in [6, 6.07) is -0.711. The van der Waals surface area contributed by atoms with Crippen LogP contribution < -0.4 is 0 Å². The summed E-state index contributed by atoms with van der Waals surface area (Å²) in [7, 11) is -3.23. The van der Waals surface area contributed by atoms with Gasteiger partial charge in [-0.1, -0.05) is 25.7 Å². The molecule has 0 aromatic heterocycles. The molecule has 0 aromatic carbocycles. The maximum atomic E-state index is 12.3. The van der Waals surface area contributed by atoms with Crippen molar-refractivity contribution < 1.29 is 23.1 Å². The lowest BCUT2D eigenvalue weighted by Crippen LogP contribution is -2.52. The van der Waals surface area contributed by atoms with Crippen LogP contribution in [0.15, 0.2) is 0 Å². The summed E-state index contributed by atoms with van der Waals surface area (Å²) in [5.41, 5.74) is 0. The second kappa shape index (κ2) is 6.77. The average molecular weight is 317 g/mol. The van der Waals surface area contributed by atoms with Crippen LogP contribution in [0.1, 0.15) is 44.9 Å². The third-order valence-electron chi connectivity index (χ3n) is 4.50. The van der Waals surface area contributed by atoms with Crippen LogP contribution in [-0.2, 0) is 19.4 Å². The molecule has 2 fully saturated rings. The highest BCUT2D eigenvalue weighted by Crippen LogP contribution is 2.29. The molecule has 1 unspecified atom stereocenters. The van der Waals surface area contributed by atoms with E-state index in [1.54, 1.807) is 0 Å². The highest BCUT2D eigenvalue weighted by molar-refractivity contribution is 7.91. The quantitative estimate of drug-likeness (QED) is 0.818. The molecule has 1 amide bonds.